The van der Waals surface area contributed by atoms with Crippen molar-refractivity contribution in [3.8, 4) is 0 Å². The number of carboxylic acid groups (broad SMARTS) is 1. The van der Waals surface area contributed by atoms with Crippen LogP contribution in [0.3, 0.4) is 0 Å². The van der Waals surface area contributed by atoms with Crippen molar-refractivity contribution >= 4 is 55.3 Å². The molecule has 0 bridgehead atoms. The molecular weight excluding hydrogens is 651 g/mol. The Balaban J connectivity index is 0.000000782. The van der Waals surface area contributed by atoms with Gasteiger partial charge < -0.3 is 26.6 Å². The number of hydrogen-bond donors (Lipinski definition) is 6. The van der Waals surface area contributed by atoms with Crippen molar-refractivity contribution in [2.24, 2.45) is 5.73 Å². The zero-order chi connectivity index (χ0) is 31.8. The number of piperidine rings is 1. The summed E-state index contributed by atoms with van der Waals surface area (Å²) in [7, 11) is -3.72. The molecular formula is C25H29BrF3N5O7S. The van der Waals surface area contributed by atoms with Crippen molar-refractivity contribution in [1.82, 2.24) is 9.62 Å². The molecule has 12 nitrogen and oxygen atoms in total. The topological polar surface area (TPSA) is 203 Å². The van der Waals surface area contributed by atoms with Crippen LogP contribution in [0.5, 0.6) is 0 Å². The van der Waals surface area contributed by atoms with Crippen LogP contribution in [0, 0.1) is 5.41 Å². The SMILES string of the molecule is CC(NC(=O)CC(=O)Nc1ccc(C(=N)N)cc1)c1ccc(S(=O)(=O)N2CCC(O)CC2)c(Br)c1.O=C(O)C(F)(F)F. The largest absolute Gasteiger partial charge is 0.490 e. The molecule has 2 aromatic rings. The maximum absolute atomic E-state index is 13.0. The number of aliphatic hydroxyl groups excluding tert-OH is 1. The molecule has 1 atom stereocenters. The number of halogens is 4. The Labute approximate surface area is 247 Å². The minimum Gasteiger partial charge on any atom is -0.475 e. The number of nitrogens with two attached hydrogens (primary N) is 1. The van der Waals surface area contributed by atoms with Crippen LogP contribution >= 0.6 is 15.9 Å². The first-order chi connectivity index (χ1) is 19.4. The second-order valence-electron chi connectivity index (χ2n) is 9.13. The fraction of sp³-hybridized carbons (Fsp3) is 0.360. The van der Waals surface area contributed by atoms with Crippen molar-refractivity contribution < 1.29 is 46.2 Å². The van der Waals surface area contributed by atoms with Crippen LogP contribution in [-0.2, 0) is 24.4 Å². The van der Waals surface area contributed by atoms with E-state index in [0.717, 1.165) is 0 Å². The molecule has 0 saturated carbocycles. The lowest BCUT2D eigenvalue weighted by molar-refractivity contribution is -0.192. The summed E-state index contributed by atoms with van der Waals surface area (Å²) in [5, 5.41) is 29.5. The number of amidine groups is 1. The summed E-state index contributed by atoms with van der Waals surface area (Å²) in [6.45, 7) is 2.25. The molecule has 0 radical (unpaired) electrons. The van der Waals surface area contributed by atoms with E-state index in [1.807, 2.05) is 0 Å². The lowest BCUT2D eigenvalue weighted by Gasteiger charge is -2.29. The molecule has 17 heteroatoms. The Morgan fingerprint density at radius 1 is 1.12 bits per heavy atom. The van der Waals surface area contributed by atoms with Crippen molar-refractivity contribution in [2.45, 2.75) is 49.4 Å². The Morgan fingerprint density at radius 3 is 2.14 bits per heavy atom. The highest BCUT2D eigenvalue weighted by Crippen LogP contribution is 2.30. The molecule has 1 heterocycles. The maximum atomic E-state index is 13.0. The van der Waals surface area contributed by atoms with Gasteiger partial charge in [0.25, 0.3) is 0 Å². The van der Waals surface area contributed by atoms with Crippen molar-refractivity contribution in [3.05, 3.63) is 58.1 Å². The first-order valence-corrected chi connectivity index (χ1v) is 14.5. The average Bonchev–Trinajstić information content (AvgIpc) is 2.88. The van der Waals surface area contributed by atoms with Crippen LogP contribution < -0.4 is 16.4 Å². The molecule has 1 fully saturated rings. The molecule has 2 amide bonds. The molecule has 0 aliphatic carbocycles. The monoisotopic (exact) mass is 679 g/mol. The van der Waals surface area contributed by atoms with Gasteiger partial charge in [-0.2, -0.15) is 17.5 Å². The third-order valence-electron chi connectivity index (χ3n) is 5.92. The highest BCUT2D eigenvalue weighted by Gasteiger charge is 2.38. The Morgan fingerprint density at radius 2 is 1.67 bits per heavy atom. The first-order valence-electron chi connectivity index (χ1n) is 12.2. The van der Waals surface area contributed by atoms with Crippen LogP contribution in [0.4, 0.5) is 18.9 Å². The number of aliphatic hydroxyl groups is 1. The van der Waals surface area contributed by atoms with E-state index in [-0.39, 0.29) is 23.8 Å². The number of nitrogens with zero attached hydrogens (tertiary/aromatic N) is 1. The minimum atomic E-state index is -5.08. The van der Waals surface area contributed by atoms with Crippen LogP contribution in [0.1, 0.15) is 43.4 Å². The standard InChI is InChI=1S/C23H28BrN5O5S.C2HF3O2/c1-14(27-21(31)13-22(32)28-17-5-2-15(3-6-17)23(25)26)16-4-7-20(19(24)12-16)35(33,34)29-10-8-18(30)9-11-29;3-2(4,5)1(6)7/h2-7,12,14,18,30H,8-11,13H2,1H3,(H3,25,26)(H,27,31)(H,28,32);(H,6,7). The number of hydrogen-bond acceptors (Lipinski definition) is 7. The first kappa shape index (κ1) is 34.7. The van der Waals surface area contributed by atoms with Gasteiger partial charge in [-0.25, -0.2) is 13.2 Å². The lowest BCUT2D eigenvalue weighted by atomic mass is 10.1. The van der Waals surface area contributed by atoms with Crippen LogP contribution in [0.15, 0.2) is 51.8 Å². The Kier molecular flexibility index (Phi) is 12.0. The van der Waals surface area contributed by atoms with Gasteiger partial charge in [0.1, 0.15) is 12.3 Å². The highest BCUT2D eigenvalue weighted by molar-refractivity contribution is 9.10. The summed E-state index contributed by atoms with van der Waals surface area (Å²) in [5.74, 6) is -3.83. The highest BCUT2D eigenvalue weighted by atomic mass is 79.9. The van der Waals surface area contributed by atoms with E-state index in [1.54, 1.807) is 43.3 Å². The number of nitrogens with one attached hydrogen (secondary N) is 3. The number of alkyl halides is 3. The third-order valence-corrected chi connectivity index (χ3v) is 8.79. The minimum absolute atomic E-state index is 0.0835. The predicted molar refractivity (Wildman–Crippen MR) is 149 cm³/mol. The zero-order valence-corrected chi connectivity index (χ0v) is 24.5. The van der Waals surface area contributed by atoms with Gasteiger partial charge in [-0.15, -0.1) is 0 Å². The van der Waals surface area contributed by atoms with E-state index in [2.05, 4.69) is 26.6 Å². The van der Waals surface area contributed by atoms with Crippen molar-refractivity contribution in [3.63, 3.8) is 0 Å². The van der Waals surface area contributed by atoms with Gasteiger partial charge in [-0.05, 0) is 77.7 Å². The molecule has 0 spiro atoms. The fourth-order valence-electron chi connectivity index (χ4n) is 3.68. The molecule has 230 valence electrons. The summed E-state index contributed by atoms with van der Waals surface area (Å²) < 4.78 is 59.4. The number of sulfonamides is 1. The molecule has 1 aliphatic rings. The summed E-state index contributed by atoms with van der Waals surface area (Å²) in [6.07, 6.45) is -5.16. The molecule has 1 saturated heterocycles. The van der Waals surface area contributed by atoms with Gasteiger partial charge in [-0.1, -0.05) is 6.07 Å². The van der Waals surface area contributed by atoms with E-state index in [4.69, 9.17) is 21.0 Å². The molecule has 42 heavy (non-hydrogen) atoms. The number of carbonyl (C=O) groups is 3. The summed E-state index contributed by atoms with van der Waals surface area (Å²) in [5.41, 5.74) is 7.07. The van der Waals surface area contributed by atoms with Crippen molar-refractivity contribution in [1.29, 1.82) is 5.41 Å². The fourth-order valence-corrected chi connectivity index (χ4v) is 6.20. The van der Waals surface area contributed by atoms with Crippen LogP contribution in [0.25, 0.3) is 0 Å². The van der Waals surface area contributed by atoms with Crippen molar-refractivity contribution in [2.75, 3.05) is 18.4 Å². The van der Waals surface area contributed by atoms with Gasteiger partial charge in [0, 0.05) is 28.8 Å². The third kappa shape index (κ3) is 10.1. The van der Waals surface area contributed by atoms with E-state index in [1.165, 1.54) is 10.4 Å². The molecule has 1 aliphatic heterocycles. The number of anilines is 1. The number of amides is 2. The van der Waals surface area contributed by atoms with Gasteiger partial charge in [0.2, 0.25) is 21.8 Å². The van der Waals surface area contributed by atoms with E-state index < -0.39 is 52.5 Å². The number of benzene rings is 2. The Hall–Kier alpha value is -3.54. The normalized spacial score (nSPS) is 15.1. The molecule has 2 aromatic carbocycles. The van der Waals surface area contributed by atoms with Crippen LogP contribution in [-0.4, -0.2) is 71.9 Å². The quantitative estimate of drug-likeness (QED) is 0.139. The maximum Gasteiger partial charge on any atom is 0.490 e. The molecule has 7 N–H and O–H groups in total. The number of rotatable bonds is 8. The van der Waals surface area contributed by atoms with E-state index in [0.29, 0.717) is 34.1 Å². The number of carbonyl (C=O) groups excluding carboxylic acids is 2. The zero-order valence-electron chi connectivity index (χ0n) is 22.1. The lowest BCUT2D eigenvalue weighted by Crippen LogP contribution is -2.40. The van der Waals surface area contributed by atoms with Gasteiger partial charge >= 0.3 is 12.1 Å². The predicted octanol–water partition coefficient (Wildman–Crippen LogP) is 2.72. The summed E-state index contributed by atoms with van der Waals surface area (Å²) >= 11 is 3.33. The second-order valence-corrected chi connectivity index (χ2v) is 11.9. The smallest absolute Gasteiger partial charge is 0.475 e. The number of carboxylic acids is 1. The van der Waals surface area contributed by atoms with Gasteiger partial charge in [-0.3, -0.25) is 15.0 Å². The second kappa shape index (κ2) is 14.6. The van der Waals surface area contributed by atoms with Gasteiger partial charge in [0.05, 0.1) is 17.0 Å². The van der Waals surface area contributed by atoms with E-state index >= 15 is 0 Å². The average molecular weight is 681 g/mol. The molecule has 0 aromatic heterocycles. The number of aliphatic carboxylic acids is 1. The molecule has 1 unspecified atom stereocenters. The number of nitrogen functional groups attached to an aromatic ring is 1. The summed E-state index contributed by atoms with van der Waals surface area (Å²) in [6, 6.07) is 10.6. The van der Waals surface area contributed by atoms with E-state index in [9.17, 15) is 36.3 Å². The Bertz CT molecular complexity index is 1410. The van der Waals surface area contributed by atoms with Crippen LogP contribution in [0.2, 0.25) is 0 Å². The molecule has 3 rings (SSSR count). The summed E-state index contributed by atoms with van der Waals surface area (Å²) in [4.78, 5) is 33.6. The van der Waals surface area contributed by atoms with Gasteiger partial charge in [0.15, 0.2) is 0 Å².